The SMILES string of the molecule is CCOc1ccc[n+](CC2=C(C(=O)O)N3C(=O)[C@@H](NC(=O)/C(=N\OC)c4csc(N)n4)[C@H]3SC2)c1. The molecule has 0 spiro atoms. The highest BCUT2D eigenvalue weighted by molar-refractivity contribution is 8.00. The van der Waals surface area contributed by atoms with E-state index in [1.165, 1.54) is 23.8 Å². The van der Waals surface area contributed by atoms with E-state index in [2.05, 4.69) is 15.5 Å². The number of β-lactam (4-membered cyclic amide) rings is 1. The molecule has 0 bridgehead atoms. The normalized spacial score (nSPS) is 19.7. The van der Waals surface area contributed by atoms with Crippen LogP contribution in [0.3, 0.4) is 0 Å². The Morgan fingerprint density at radius 2 is 2.26 bits per heavy atom. The third-order valence-electron chi connectivity index (χ3n) is 5.21. The molecular formula is C21H23N6O6S2+. The van der Waals surface area contributed by atoms with Crippen LogP contribution in [0.5, 0.6) is 5.75 Å². The highest BCUT2D eigenvalue weighted by Crippen LogP contribution is 2.40. The molecule has 0 saturated carbocycles. The number of thioether (sulfide) groups is 1. The zero-order valence-corrected chi connectivity index (χ0v) is 20.5. The summed E-state index contributed by atoms with van der Waals surface area (Å²) in [4.78, 5) is 48.0. The zero-order chi connectivity index (χ0) is 25.1. The lowest BCUT2D eigenvalue weighted by Crippen LogP contribution is -2.71. The Labute approximate surface area is 208 Å². The number of oxime groups is 1. The summed E-state index contributed by atoms with van der Waals surface area (Å²) in [5.74, 6) is -1.37. The van der Waals surface area contributed by atoms with Crippen molar-refractivity contribution in [3.8, 4) is 5.75 Å². The number of ether oxygens (including phenoxy) is 1. The fourth-order valence-electron chi connectivity index (χ4n) is 3.78. The largest absolute Gasteiger partial charge is 0.488 e. The van der Waals surface area contributed by atoms with E-state index in [1.54, 1.807) is 28.4 Å². The predicted molar refractivity (Wildman–Crippen MR) is 128 cm³/mol. The summed E-state index contributed by atoms with van der Waals surface area (Å²) in [6.45, 7) is 2.66. The molecule has 14 heteroatoms. The lowest BCUT2D eigenvalue weighted by atomic mass is 10.0. The van der Waals surface area contributed by atoms with E-state index < -0.39 is 29.2 Å². The van der Waals surface area contributed by atoms with Crippen LogP contribution in [0.4, 0.5) is 5.13 Å². The lowest BCUT2D eigenvalue weighted by Gasteiger charge is -2.49. The molecule has 1 saturated heterocycles. The molecule has 2 aliphatic heterocycles. The molecular weight excluding hydrogens is 496 g/mol. The van der Waals surface area contributed by atoms with E-state index in [-0.39, 0.29) is 28.8 Å². The lowest BCUT2D eigenvalue weighted by molar-refractivity contribution is -0.689. The molecule has 4 rings (SSSR count). The molecule has 2 aliphatic rings. The quantitative estimate of drug-likeness (QED) is 0.182. The van der Waals surface area contributed by atoms with Crippen LogP contribution < -0.4 is 20.4 Å². The predicted octanol–water partition coefficient (Wildman–Crippen LogP) is 0.201. The van der Waals surface area contributed by atoms with E-state index in [4.69, 9.17) is 15.3 Å². The van der Waals surface area contributed by atoms with Gasteiger partial charge in [0.05, 0.1) is 6.61 Å². The molecule has 0 aromatic carbocycles. The van der Waals surface area contributed by atoms with Crippen LogP contribution in [0.1, 0.15) is 12.6 Å². The van der Waals surface area contributed by atoms with Crippen molar-refractivity contribution >= 4 is 51.7 Å². The Kier molecular flexibility index (Phi) is 7.21. The number of nitrogens with zero attached hydrogens (tertiary/aromatic N) is 4. The average Bonchev–Trinajstić information content (AvgIpc) is 3.26. The molecule has 4 heterocycles. The Bertz CT molecular complexity index is 1230. The summed E-state index contributed by atoms with van der Waals surface area (Å²) in [5.41, 5.74) is 6.23. The summed E-state index contributed by atoms with van der Waals surface area (Å²) >= 11 is 2.51. The van der Waals surface area contributed by atoms with Gasteiger partial charge in [-0.05, 0) is 13.0 Å². The van der Waals surface area contributed by atoms with Gasteiger partial charge in [0.1, 0.15) is 29.9 Å². The molecule has 0 unspecified atom stereocenters. The minimum absolute atomic E-state index is 0.0726. The number of hydrogen-bond donors (Lipinski definition) is 3. The molecule has 184 valence electrons. The molecule has 12 nitrogen and oxygen atoms in total. The second-order valence-corrected chi connectivity index (χ2v) is 9.45. The van der Waals surface area contributed by atoms with Crippen molar-refractivity contribution in [3.05, 3.63) is 46.9 Å². The van der Waals surface area contributed by atoms with E-state index in [9.17, 15) is 19.5 Å². The summed E-state index contributed by atoms with van der Waals surface area (Å²) in [6, 6.07) is 2.70. The third-order valence-corrected chi connectivity index (χ3v) is 7.23. The first-order valence-corrected chi connectivity index (χ1v) is 12.4. The minimum Gasteiger partial charge on any atom is -0.488 e. The molecule has 35 heavy (non-hydrogen) atoms. The maximum Gasteiger partial charge on any atom is 0.352 e. The monoisotopic (exact) mass is 519 g/mol. The number of fused-ring (bicyclic) bond motifs is 1. The number of rotatable bonds is 9. The molecule has 2 aromatic heterocycles. The highest BCUT2D eigenvalue weighted by Gasteiger charge is 2.54. The van der Waals surface area contributed by atoms with E-state index in [1.807, 2.05) is 13.0 Å². The van der Waals surface area contributed by atoms with Crippen LogP contribution in [0.25, 0.3) is 0 Å². The average molecular weight is 520 g/mol. The molecule has 1 fully saturated rings. The number of carbonyl (C=O) groups excluding carboxylic acids is 2. The first-order valence-electron chi connectivity index (χ1n) is 10.5. The summed E-state index contributed by atoms with van der Waals surface area (Å²) in [7, 11) is 1.28. The van der Waals surface area contributed by atoms with Gasteiger partial charge < -0.3 is 25.7 Å². The van der Waals surface area contributed by atoms with Crippen molar-refractivity contribution in [2.75, 3.05) is 25.2 Å². The van der Waals surface area contributed by atoms with Gasteiger partial charge in [-0.15, -0.1) is 23.1 Å². The first kappa shape index (κ1) is 24.5. The van der Waals surface area contributed by atoms with Gasteiger partial charge in [-0.1, -0.05) is 5.16 Å². The molecule has 2 atom stereocenters. The van der Waals surface area contributed by atoms with E-state index in [0.717, 1.165) is 11.3 Å². The van der Waals surface area contributed by atoms with Crippen LogP contribution in [0, 0.1) is 0 Å². The van der Waals surface area contributed by atoms with Crippen molar-refractivity contribution in [2.45, 2.75) is 24.9 Å². The highest BCUT2D eigenvalue weighted by atomic mass is 32.2. The van der Waals surface area contributed by atoms with Gasteiger partial charge in [0, 0.05) is 22.8 Å². The standard InChI is InChI=1S/C21H22N6O6S2/c1-3-33-12-5-4-6-26(8-12)7-11-9-34-19-15(18(29)27(19)16(11)20(30)31)24-17(28)14(25-32-2)13-10-35-21(22)23-13/h4-6,8,10,15,19H,3,7,9H2,1-2H3,(H3-,22,23,24,28,30,31)/p+1/b25-14-/t15-,19-/m1/s1. The number of hydrogen-bond acceptors (Lipinski definition) is 10. The number of aliphatic carboxylic acids is 1. The zero-order valence-electron chi connectivity index (χ0n) is 18.8. The fraction of sp³-hybridized carbons (Fsp3) is 0.333. The number of carboxylic acid groups (broad SMARTS) is 1. The Morgan fingerprint density at radius 1 is 1.46 bits per heavy atom. The molecule has 0 radical (unpaired) electrons. The van der Waals surface area contributed by atoms with E-state index >= 15 is 0 Å². The maximum atomic E-state index is 13.0. The van der Waals surface area contributed by atoms with Crippen LogP contribution in [-0.2, 0) is 25.8 Å². The van der Waals surface area contributed by atoms with Gasteiger partial charge in [-0.3, -0.25) is 14.5 Å². The minimum atomic E-state index is -1.20. The second-order valence-electron chi connectivity index (χ2n) is 7.46. The van der Waals surface area contributed by atoms with Gasteiger partial charge in [0.25, 0.3) is 11.8 Å². The van der Waals surface area contributed by atoms with Gasteiger partial charge in [-0.2, -0.15) is 4.57 Å². The Hall–Kier alpha value is -3.65. The van der Waals surface area contributed by atoms with Crippen molar-refractivity contribution in [3.63, 3.8) is 0 Å². The van der Waals surface area contributed by atoms with Crippen molar-refractivity contribution in [1.29, 1.82) is 0 Å². The number of amides is 2. The number of aromatic nitrogens is 2. The molecule has 0 aliphatic carbocycles. The molecule has 2 amide bonds. The third kappa shape index (κ3) is 4.93. The van der Waals surface area contributed by atoms with Gasteiger partial charge in [0.15, 0.2) is 29.3 Å². The van der Waals surface area contributed by atoms with Crippen LogP contribution in [0.2, 0.25) is 0 Å². The number of anilines is 1. The van der Waals surface area contributed by atoms with E-state index in [0.29, 0.717) is 23.7 Å². The molecule has 2 aromatic rings. The van der Waals surface area contributed by atoms with Crippen molar-refractivity contribution in [2.24, 2.45) is 5.16 Å². The Morgan fingerprint density at radius 3 is 2.91 bits per heavy atom. The van der Waals surface area contributed by atoms with Crippen LogP contribution >= 0.6 is 23.1 Å². The molecule has 4 N–H and O–H groups in total. The number of pyridine rings is 1. The number of carboxylic acids is 1. The van der Waals surface area contributed by atoms with Gasteiger partial charge in [0.2, 0.25) is 6.20 Å². The maximum absolute atomic E-state index is 13.0. The number of nitrogens with one attached hydrogen (secondary N) is 1. The summed E-state index contributed by atoms with van der Waals surface area (Å²) in [6.07, 6.45) is 3.57. The number of carbonyl (C=O) groups is 3. The number of nitrogens with two attached hydrogens (primary N) is 1. The number of thiazole rings is 1. The van der Waals surface area contributed by atoms with Gasteiger partial charge in [-0.25, -0.2) is 9.78 Å². The van der Waals surface area contributed by atoms with Gasteiger partial charge >= 0.3 is 5.97 Å². The topological polar surface area (TPSA) is 160 Å². The number of nitrogen functional groups attached to an aromatic ring is 1. The van der Waals surface area contributed by atoms with Crippen LogP contribution in [-0.4, -0.2) is 69.4 Å². The fourth-order valence-corrected chi connectivity index (χ4v) is 5.66. The smallest absolute Gasteiger partial charge is 0.352 e. The van der Waals surface area contributed by atoms with Crippen molar-refractivity contribution in [1.82, 2.24) is 15.2 Å². The summed E-state index contributed by atoms with van der Waals surface area (Å²) in [5, 5.41) is 17.5. The van der Waals surface area contributed by atoms with Crippen molar-refractivity contribution < 1.29 is 33.6 Å². The second kappa shape index (κ2) is 10.3. The van der Waals surface area contributed by atoms with Crippen LogP contribution in [0.15, 0.2) is 46.3 Å². The first-order chi connectivity index (χ1) is 16.8. The Balaban J connectivity index is 1.52. The summed E-state index contributed by atoms with van der Waals surface area (Å²) < 4.78 is 7.31.